The number of hydrogen-bond donors (Lipinski definition) is 1. The number of rotatable bonds is 4. The Morgan fingerprint density at radius 1 is 1.07 bits per heavy atom. The summed E-state index contributed by atoms with van der Waals surface area (Å²) in [6.45, 7) is 11.5. The van der Waals surface area contributed by atoms with Gasteiger partial charge in [0, 0.05) is 17.5 Å². The average Bonchev–Trinajstić information content (AvgIpc) is 3.01. The third-order valence-corrected chi connectivity index (χ3v) is 5.21. The van der Waals surface area contributed by atoms with Crippen LogP contribution in [0.3, 0.4) is 0 Å². The Kier molecular flexibility index (Phi) is 5.06. The van der Waals surface area contributed by atoms with Crippen LogP contribution < -0.4 is 5.32 Å². The summed E-state index contributed by atoms with van der Waals surface area (Å²) in [6, 6.07) is 17.8. The van der Waals surface area contributed by atoms with Gasteiger partial charge in [-0.2, -0.15) is 5.10 Å². The number of fused-ring (bicyclic) bond motifs is 2. The molecule has 2 heterocycles. The molecule has 0 spiro atoms. The van der Waals surface area contributed by atoms with Gasteiger partial charge in [0.25, 0.3) is 5.91 Å². The number of nitrogens with one attached hydrogen (secondary N) is 1. The van der Waals surface area contributed by atoms with Crippen molar-refractivity contribution in [1.29, 1.82) is 0 Å². The van der Waals surface area contributed by atoms with Crippen LogP contribution in [0.1, 0.15) is 50.5 Å². The van der Waals surface area contributed by atoms with E-state index in [9.17, 15) is 4.79 Å². The highest BCUT2D eigenvalue weighted by Crippen LogP contribution is 2.27. The highest BCUT2D eigenvalue weighted by atomic mass is 16.1. The van der Waals surface area contributed by atoms with Crippen LogP contribution in [0.2, 0.25) is 0 Å². The number of anilines is 1. The van der Waals surface area contributed by atoms with Gasteiger partial charge in [0.05, 0.1) is 10.9 Å². The first-order valence-corrected chi connectivity index (χ1v) is 10.4. The van der Waals surface area contributed by atoms with E-state index in [0.717, 1.165) is 28.5 Å². The summed E-state index contributed by atoms with van der Waals surface area (Å²) in [7, 11) is 0. The molecule has 0 bridgehead atoms. The van der Waals surface area contributed by atoms with Gasteiger partial charge in [-0.3, -0.25) is 4.79 Å². The first-order valence-electron chi connectivity index (χ1n) is 10.4. The number of aromatic nitrogens is 3. The molecule has 30 heavy (non-hydrogen) atoms. The molecule has 2 aromatic heterocycles. The molecule has 0 saturated carbocycles. The number of benzene rings is 2. The van der Waals surface area contributed by atoms with Crippen LogP contribution >= 0.6 is 0 Å². The molecule has 0 saturated heterocycles. The first-order chi connectivity index (χ1) is 14.2. The van der Waals surface area contributed by atoms with Crippen LogP contribution in [-0.4, -0.2) is 20.7 Å². The van der Waals surface area contributed by atoms with Gasteiger partial charge in [0.1, 0.15) is 0 Å². The zero-order chi connectivity index (χ0) is 21.5. The number of hydrogen-bond acceptors (Lipinski definition) is 3. The topological polar surface area (TPSA) is 59.8 Å². The van der Waals surface area contributed by atoms with Crippen molar-refractivity contribution in [2.24, 2.45) is 5.92 Å². The van der Waals surface area contributed by atoms with E-state index in [1.807, 2.05) is 53.2 Å². The van der Waals surface area contributed by atoms with E-state index in [1.54, 1.807) is 0 Å². The summed E-state index contributed by atoms with van der Waals surface area (Å²) in [6.07, 6.45) is 0. The Balaban J connectivity index is 1.72. The van der Waals surface area contributed by atoms with Crippen molar-refractivity contribution in [3.63, 3.8) is 0 Å². The molecule has 0 aliphatic rings. The lowest BCUT2D eigenvalue weighted by molar-refractivity contribution is 0.102. The maximum atomic E-state index is 12.9. The maximum absolute atomic E-state index is 12.9. The van der Waals surface area contributed by atoms with Crippen LogP contribution in [0.15, 0.2) is 54.6 Å². The number of amides is 1. The molecule has 2 aromatic carbocycles. The molecule has 0 aliphatic carbocycles. The Hall–Kier alpha value is -3.21. The largest absolute Gasteiger partial charge is 0.305 e. The van der Waals surface area contributed by atoms with Crippen LogP contribution in [0, 0.1) is 5.92 Å². The van der Waals surface area contributed by atoms with Crippen LogP contribution in [0.5, 0.6) is 0 Å². The predicted molar refractivity (Wildman–Crippen MR) is 123 cm³/mol. The molecule has 0 atom stereocenters. The van der Waals surface area contributed by atoms with Gasteiger partial charge in [0.2, 0.25) is 0 Å². The third kappa shape index (κ3) is 3.92. The Bertz CT molecular complexity index is 1210. The van der Waals surface area contributed by atoms with Crippen molar-refractivity contribution in [2.45, 2.75) is 46.6 Å². The zero-order valence-corrected chi connectivity index (χ0v) is 18.2. The van der Waals surface area contributed by atoms with E-state index in [-0.39, 0.29) is 11.3 Å². The van der Waals surface area contributed by atoms with Gasteiger partial charge >= 0.3 is 0 Å². The monoisotopic (exact) mass is 400 g/mol. The Morgan fingerprint density at radius 3 is 2.43 bits per heavy atom. The molecule has 0 radical (unpaired) electrons. The standard InChI is InChI=1S/C25H28N4O/c1-16(2)15-29-23-20(14-18-8-6-7-9-21(18)26-23)22(28-29)27-24(30)17-10-12-19(13-11-17)25(3,4)5/h6-14,16H,15H2,1-5H3,(H,27,28,30). The smallest absolute Gasteiger partial charge is 0.256 e. The van der Waals surface area contributed by atoms with E-state index in [0.29, 0.717) is 17.3 Å². The van der Waals surface area contributed by atoms with Crippen LogP contribution in [0.25, 0.3) is 21.9 Å². The lowest BCUT2D eigenvalue weighted by atomic mass is 9.87. The molecular weight excluding hydrogens is 372 g/mol. The van der Waals surface area contributed by atoms with Gasteiger partial charge in [-0.25, -0.2) is 9.67 Å². The Labute approximate surface area is 177 Å². The van der Waals surface area contributed by atoms with Gasteiger partial charge in [-0.05, 0) is 41.2 Å². The second kappa shape index (κ2) is 7.56. The van der Waals surface area contributed by atoms with E-state index in [1.165, 1.54) is 5.56 Å². The minimum absolute atomic E-state index is 0.0492. The second-order valence-corrected chi connectivity index (χ2v) is 9.26. The van der Waals surface area contributed by atoms with E-state index >= 15 is 0 Å². The molecule has 154 valence electrons. The number of nitrogens with zero attached hydrogens (tertiary/aromatic N) is 3. The molecule has 0 unspecified atom stereocenters. The molecule has 4 rings (SSSR count). The van der Waals surface area contributed by atoms with Crippen molar-refractivity contribution in [3.05, 3.63) is 65.7 Å². The van der Waals surface area contributed by atoms with Crippen LogP contribution in [-0.2, 0) is 12.0 Å². The van der Waals surface area contributed by atoms with Gasteiger partial charge < -0.3 is 5.32 Å². The van der Waals surface area contributed by atoms with Gasteiger partial charge in [-0.15, -0.1) is 0 Å². The number of pyridine rings is 1. The number of para-hydroxylation sites is 1. The molecule has 5 nitrogen and oxygen atoms in total. The molecule has 5 heteroatoms. The minimum atomic E-state index is -0.167. The lowest BCUT2D eigenvalue weighted by Gasteiger charge is -2.19. The van der Waals surface area contributed by atoms with Gasteiger partial charge in [-0.1, -0.05) is 65.0 Å². The van der Waals surface area contributed by atoms with Crippen molar-refractivity contribution >= 4 is 33.7 Å². The SMILES string of the molecule is CC(C)Cn1nc(NC(=O)c2ccc(C(C)(C)C)cc2)c2cc3ccccc3nc21. The lowest BCUT2D eigenvalue weighted by Crippen LogP contribution is -2.15. The highest BCUT2D eigenvalue weighted by molar-refractivity contribution is 6.08. The average molecular weight is 401 g/mol. The normalized spacial score (nSPS) is 12.1. The maximum Gasteiger partial charge on any atom is 0.256 e. The molecule has 4 aromatic rings. The van der Waals surface area contributed by atoms with Crippen molar-refractivity contribution in [1.82, 2.24) is 14.8 Å². The quantitative estimate of drug-likeness (QED) is 0.472. The first kappa shape index (κ1) is 20.1. The van der Waals surface area contributed by atoms with Crippen molar-refractivity contribution in [2.75, 3.05) is 5.32 Å². The molecule has 1 N–H and O–H groups in total. The number of carbonyl (C=O) groups is 1. The molecule has 0 fully saturated rings. The summed E-state index contributed by atoms with van der Waals surface area (Å²) in [5, 5.41) is 9.59. The second-order valence-electron chi connectivity index (χ2n) is 9.26. The number of carbonyl (C=O) groups excluding carboxylic acids is 1. The molecular formula is C25H28N4O. The minimum Gasteiger partial charge on any atom is -0.305 e. The van der Waals surface area contributed by atoms with E-state index in [2.05, 4.69) is 46.0 Å². The van der Waals surface area contributed by atoms with Crippen molar-refractivity contribution < 1.29 is 4.79 Å². The van der Waals surface area contributed by atoms with Crippen molar-refractivity contribution in [3.8, 4) is 0 Å². The zero-order valence-electron chi connectivity index (χ0n) is 18.2. The fourth-order valence-electron chi connectivity index (χ4n) is 3.57. The summed E-state index contributed by atoms with van der Waals surface area (Å²) < 4.78 is 1.89. The summed E-state index contributed by atoms with van der Waals surface area (Å²) in [5.74, 6) is 0.795. The molecule has 0 aliphatic heterocycles. The molecule has 1 amide bonds. The summed E-state index contributed by atoms with van der Waals surface area (Å²) in [4.78, 5) is 17.8. The van der Waals surface area contributed by atoms with E-state index in [4.69, 9.17) is 10.1 Å². The van der Waals surface area contributed by atoms with Crippen LogP contribution in [0.4, 0.5) is 5.82 Å². The van der Waals surface area contributed by atoms with Gasteiger partial charge in [0.15, 0.2) is 11.5 Å². The summed E-state index contributed by atoms with van der Waals surface area (Å²) >= 11 is 0. The fourth-order valence-corrected chi connectivity index (χ4v) is 3.57. The predicted octanol–water partition coefficient (Wildman–Crippen LogP) is 5.79. The van der Waals surface area contributed by atoms with E-state index < -0.39 is 0 Å². The third-order valence-electron chi connectivity index (χ3n) is 5.21. The fraction of sp³-hybridized carbons (Fsp3) is 0.320. The highest BCUT2D eigenvalue weighted by Gasteiger charge is 2.18. The summed E-state index contributed by atoms with van der Waals surface area (Å²) in [5.41, 5.74) is 3.57. The Morgan fingerprint density at radius 2 is 1.77 bits per heavy atom.